The number of amides is 1. The third kappa shape index (κ3) is 4.07. The lowest BCUT2D eigenvalue weighted by molar-refractivity contribution is -0.384. The number of phenols is 1. The number of fused-ring (bicyclic) bond motifs is 1. The summed E-state index contributed by atoms with van der Waals surface area (Å²) in [7, 11) is 0. The van der Waals surface area contributed by atoms with Crippen LogP contribution in [-0.4, -0.2) is 25.7 Å². The van der Waals surface area contributed by atoms with E-state index in [4.69, 9.17) is 0 Å². The van der Waals surface area contributed by atoms with Crippen molar-refractivity contribution in [1.82, 2.24) is 9.78 Å². The number of halogens is 3. The second-order valence-corrected chi connectivity index (χ2v) is 6.50. The molecule has 0 aliphatic heterocycles. The van der Waals surface area contributed by atoms with Crippen LogP contribution in [0.25, 0.3) is 0 Å². The number of nitrogens with zero attached hydrogens (tertiary/aromatic N) is 3. The maximum atomic E-state index is 13.3. The third-order valence-corrected chi connectivity index (χ3v) is 4.53. The van der Waals surface area contributed by atoms with Crippen LogP contribution in [-0.2, 0) is 30.4 Å². The molecule has 0 atom stereocenters. The summed E-state index contributed by atoms with van der Waals surface area (Å²) in [5.41, 5.74) is -0.869. The molecule has 2 aromatic rings. The minimum absolute atomic E-state index is 0.0788. The average Bonchev–Trinajstić information content (AvgIpc) is 2.78. The molecule has 1 aromatic carbocycles. The Balaban J connectivity index is 1.83. The van der Waals surface area contributed by atoms with Gasteiger partial charge in [0.2, 0.25) is 5.91 Å². The lowest BCUT2D eigenvalue weighted by atomic mass is 10.1. The Morgan fingerprint density at radius 2 is 2.00 bits per heavy atom. The van der Waals surface area contributed by atoms with E-state index in [-0.39, 0.29) is 23.4 Å². The van der Waals surface area contributed by atoms with Crippen LogP contribution in [0.4, 0.5) is 24.5 Å². The Morgan fingerprint density at radius 1 is 1.29 bits per heavy atom. The summed E-state index contributed by atoms with van der Waals surface area (Å²) in [6.45, 7) is -0.463. The number of aromatic hydroxyl groups is 1. The minimum Gasteiger partial charge on any atom is -0.506 e. The molecular formula is C17H17F3N4O4. The van der Waals surface area contributed by atoms with E-state index in [0.29, 0.717) is 25.0 Å². The minimum atomic E-state index is -4.60. The summed E-state index contributed by atoms with van der Waals surface area (Å²) in [5, 5.41) is 26.5. The summed E-state index contributed by atoms with van der Waals surface area (Å²) in [6.07, 6.45) is -1.81. The summed E-state index contributed by atoms with van der Waals surface area (Å²) >= 11 is 0. The van der Waals surface area contributed by atoms with Crippen molar-refractivity contribution in [2.24, 2.45) is 0 Å². The zero-order valence-corrected chi connectivity index (χ0v) is 14.6. The molecule has 0 saturated carbocycles. The van der Waals surface area contributed by atoms with Crippen molar-refractivity contribution < 1.29 is 28.0 Å². The highest BCUT2D eigenvalue weighted by atomic mass is 19.4. The number of carbonyl (C=O) groups excluding carboxylic acids is 1. The van der Waals surface area contributed by atoms with Crippen molar-refractivity contribution in [2.75, 3.05) is 5.32 Å². The number of nitro benzene ring substituents is 1. The maximum Gasteiger partial charge on any atom is 0.435 e. The monoisotopic (exact) mass is 398 g/mol. The fourth-order valence-corrected chi connectivity index (χ4v) is 3.27. The van der Waals surface area contributed by atoms with E-state index in [1.165, 1.54) is 0 Å². The number of benzene rings is 1. The van der Waals surface area contributed by atoms with Crippen molar-refractivity contribution in [3.05, 3.63) is 45.3 Å². The van der Waals surface area contributed by atoms with Crippen molar-refractivity contribution in [2.45, 2.75) is 44.8 Å². The third-order valence-electron chi connectivity index (χ3n) is 4.53. The second kappa shape index (κ2) is 7.49. The number of phenolic OH excluding ortho intramolecular Hbond substituents is 1. The SMILES string of the molecule is O=C(Cn1nc(C(F)(F)F)c2c1CCCCC2)Nc1ccc([N+](=O)[O-])cc1O. The number of alkyl halides is 3. The van der Waals surface area contributed by atoms with Gasteiger partial charge in [0.15, 0.2) is 5.69 Å². The van der Waals surface area contributed by atoms with Gasteiger partial charge >= 0.3 is 6.18 Å². The number of hydrogen-bond donors (Lipinski definition) is 2. The van der Waals surface area contributed by atoms with Crippen LogP contribution in [0.2, 0.25) is 0 Å². The van der Waals surface area contributed by atoms with Gasteiger partial charge in [-0.25, -0.2) is 0 Å². The molecule has 0 spiro atoms. The van der Waals surface area contributed by atoms with E-state index in [0.717, 1.165) is 29.3 Å². The Labute approximate surface area is 157 Å². The average molecular weight is 398 g/mol. The Bertz CT molecular complexity index is 924. The van der Waals surface area contributed by atoms with Gasteiger partial charge in [0.25, 0.3) is 5.69 Å². The first-order valence-corrected chi connectivity index (χ1v) is 8.60. The van der Waals surface area contributed by atoms with Gasteiger partial charge in [-0.1, -0.05) is 6.42 Å². The number of hydrogen-bond acceptors (Lipinski definition) is 5. The highest BCUT2D eigenvalue weighted by Gasteiger charge is 2.39. The first-order chi connectivity index (χ1) is 13.2. The molecule has 1 aliphatic carbocycles. The molecule has 1 aliphatic rings. The van der Waals surface area contributed by atoms with E-state index < -0.39 is 35.0 Å². The molecule has 2 N–H and O–H groups in total. The summed E-state index contributed by atoms with van der Waals surface area (Å²) in [5.74, 6) is -1.22. The molecule has 11 heteroatoms. The van der Waals surface area contributed by atoms with Crippen LogP contribution in [0.15, 0.2) is 18.2 Å². The fraction of sp³-hybridized carbons (Fsp3) is 0.412. The van der Waals surface area contributed by atoms with Gasteiger partial charge in [0, 0.05) is 17.3 Å². The number of anilines is 1. The van der Waals surface area contributed by atoms with Crippen LogP contribution in [0.3, 0.4) is 0 Å². The first kappa shape index (κ1) is 19.6. The van der Waals surface area contributed by atoms with E-state index in [1.54, 1.807) is 0 Å². The van der Waals surface area contributed by atoms with Crippen molar-refractivity contribution in [3.8, 4) is 5.75 Å². The van der Waals surface area contributed by atoms with E-state index in [1.807, 2.05) is 0 Å². The predicted octanol–water partition coefficient (Wildman–Crippen LogP) is 3.42. The van der Waals surface area contributed by atoms with Crippen LogP contribution >= 0.6 is 0 Å². The number of nitro groups is 1. The van der Waals surface area contributed by atoms with Crippen LogP contribution in [0.5, 0.6) is 5.75 Å². The van der Waals surface area contributed by atoms with Gasteiger partial charge in [0.05, 0.1) is 16.7 Å². The maximum absolute atomic E-state index is 13.3. The smallest absolute Gasteiger partial charge is 0.435 e. The topological polar surface area (TPSA) is 110 Å². The fourth-order valence-electron chi connectivity index (χ4n) is 3.27. The van der Waals surface area contributed by atoms with Gasteiger partial charge in [-0.3, -0.25) is 19.6 Å². The first-order valence-electron chi connectivity index (χ1n) is 8.60. The molecule has 8 nitrogen and oxygen atoms in total. The van der Waals surface area contributed by atoms with Gasteiger partial charge in [0.1, 0.15) is 12.3 Å². The second-order valence-electron chi connectivity index (χ2n) is 6.50. The van der Waals surface area contributed by atoms with Gasteiger partial charge in [-0.05, 0) is 31.7 Å². The molecule has 0 unspecified atom stereocenters. The highest BCUT2D eigenvalue weighted by Crippen LogP contribution is 2.35. The predicted molar refractivity (Wildman–Crippen MR) is 91.9 cm³/mol. The number of nitrogens with one attached hydrogen (secondary N) is 1. The molecule has 1 amide bonds. The van der Waals surface area contributed by atoms with Crippen LogP contribution < -0.4 is 5.32 Å². The zero-order valence-electron chi connectivity index (χ0n) is 14.6. The Kier molecular flexibility index (Phi) is 5.25. The number of rotatable bonds is 4. The molecule has 0 bridgehead atoms. The molecule has 150 valence electrons. The summed E-state index contributed by atoms with van der Waals surface area (Å²) in [6, 6.07) is 3.12. The van der Waals surface area contributed by atoms with E-state index >= 15 is 0 Å². The van der Waals surface area contributed by atoms with Crippen molar-refractivity contribution in [3.63, 3.8) is 0 Å². The van der Waals surface area contributed by atoms with Crippen LogP contribution in [0, 0.1) is 10.1 Å². The summed E-state index contributed by atoms with van der Waals surface area (Å²) < 4.78 is 40.9. The number of carbonyl (C=O) groups is 1. The molecule has 28 heavy (non-hydrogen) atoms. The summed E-state index contributed by atoms with van der Waals surface area (Å²) in [4.78, 5) is 22.3. The largest absolute Gasteiger partial charge is 0.506 e. The molecular weight excluding hydrogens is 381 g/mol. The van der Waals surface area contributed by atoms with Gasteiger partial charge in [-0.2, -0.15) is 18.3 Å². The normalized spacial score (nSPS) is 14.2. The van der Waals surface area contributed by atoms with Gasteiger partial charge in [-0.15, -0.1) is 0 Å². The van der Waals surface area contributed by atoms with Gasteiger partial charge < -0.3 is 10.4 Å². The number of non-ortho nitro benzene ring substituents is 1. The molecule has 1 heterocycles. The molecule has 0 radical (unpaired) electrons. The number of aromatic nitrogens is 2. The van der Waals surface area contributed by atoms with E-state index in [9.17, 15) is 33.2 Å². The lowest BCUT2D eigenvalue weighted by Crippen LogP contribution is -2.21. The Morgan fingerprint density at radius 3 is 2.64 bits per heavy atom. The molecule has 3 rings (SSSR count). The quantitative estimate of drug-likeness (QED) is 0.355. The zero-order chi connectivity index (χ0) is 20.5. The standard InChI is InChI=1S/C17H17F3N4O4/c18-17(19,20)16-11-4-2-1-3-5-13(11)23(22-16)9-15(26)21-12-7-6-10(24(27)28)8-14(12)25/h6-8,25H,1-5,9H2,(H,21,26). The van der Waals surface area contributed by atoms with E-state index in [2.05, 4.69) is 10.4 Å². The Hall–Kier alpha value is -3.11. The van der Waals surface area contributed by atoms with Crippen molar-refractivity contribution in [1.29, 1.82) is 0 Å². The molecule has 1 aromatic heterocycles. The lowest BCUT2D eigenvalue weighted by Gasteiger charge is -2.09. The molecule has 0 fully saturated rings. The molecule has 0 saturated heterocycles. The van der Waals surface area contributed by atoms with Crippen LogP contribution in [0.1, 0.15) is 36.2 Å². The highest BCUT2D eigenvalue weighted by molar-refractivity contribution is 5.92. The van der Waals surface area contributed by atoms with Crippen molar-refractivity contribution >= 4 is 17.3 Å².